The Balaban J connectivity index is 2.02. The maximum atomic E-state index is 12.5. The first-order chi connectivity index (χ1) is 12.0. The minimum absolute atomic E-state index is 0.161. The summed E-state index contributed by atoms with van der Waals surface area (Å²) < 4.78 is 6.96. The third-order valence-corrected chi connectivity index (χ3v) is 3.79. The normalized spacial score (nSPS) is 10.5. The molecule has 7 heteroatoms. The number of nitrogens with one attached hydrogen (secondary N) is 1. The number of aliphatic carboxylic acids is 1. The molecule has 0 unspecified atom stereocenters. The monoisotopic (exact) mass is 345 g/mol. The van der Waals surface area contributed by atoms with E-state index >= 15 is 0 Å². The number of para-hydroxylation sites is 1. The van der Waals surface area contributed by atoms with Crippen LogP contribution in [-0.4, -0.2) is 40.4 Å². The van der Waals surface area contributed by atoms with Gasteiger partial charge in [0, 0.05) is 31.8 Å². The van der Waals surface area contributed by atoms with Gasteiger partial charge in [0.15, 0.2) is 0 Å². The molecule has 2 N–H and O–H groups in total. The van der Waals surface area contributed by atoms with Crippen LogP contribution < -0.4 is 10.1 Å². The van der Waals surface area contributed by atoms with Gasteiger partial charge in [0.1, 0.15) is 11.4 Å². The number of nitrogens with zero attached hydrogens (tertiary/aromatic N) is 2. The predicted molar refractivity (Wildman–Crippen MR) is 93.6 cm³/mol. The van der Waals surface area contributed by atoms with E-state index in [0.717, 1.165) is 18.4 Å². The number of aryl methyl sites for hydroxylation is 1. The molecule has 2 aromatic rings. The summed E-state index contributed by atoms with van der Waals surface area (Å²) in [5, 5.41) is 15.9. The van der Waals surface area contributed by atoms with E-state index in [-0.39, 0.29) is 12.3 Å². The van der Waals surface area contributed by atoms with E-state index in [4.69, 9.17) is 9.84 Å². The Hall–Kier alpha value is -2.83. The zero-order chi connectivity index (χ0) is 18.2. The van der Waals surface area contributed by atoms with Crippen molar-refractivity contribution in [2.75, 3.05) is 13.7 Å². The van der Waals surface area contributed by atoms with E-state index in [1.54, 1.807) is 25.0 Å². The first kappa shape index (κ1) is 18.5. The van der Waals surface area contributed by atoms with Gasteiger partial charge in [-0.2, -0.15) is 5.10 Å². The molecule has 0 aliphatic rings. The fourth-order valence-electron chi connectivity index (χ4n) is 2.57. The SMILES string of the molecule is COc1ccccc1-c1nn(C)cc1C(=O)NCCCCCC(=O)O. The Morgan fingerprint density at radius 1 is 1.24 bits per heavy atom. The largest absolute Gasteiger partial charge is 0.496 e. The minimum Gasteiger partial charge on any atom is -0.496 e. The molecular formula is C18H23N3O4. The summed E-state index contributed by atoms with van der Waals surface area (Å²) in [6.07, 6.45) is 3.96. The second-order valence-corrected chi connectivity index (χ2v) is 5.73. The Morgan fingerprint density at radius 3 is 2.72 bits per heavy atom. The molecule has 1 aromatic heterocycles. The zero-order valence-corrected chi connectivity index (χ0v) is 14.5. The van der Waals surface area contributed by atoms with Crippen molar-refractivity contribution < 1.29 is 19.4 Å². The number of ether oxygens (including phenoxy) is 1. The standard InChI is InChI=1S/C18H23N3O4/c1-21-12-14(18(24)19-11-7-3-4-10-16(22)23)17(20-21)13-8-5-6-9-15(13)25-2/h5-6,8-9,12H,3-4,7,10-11H2,1-2H3,(H,19,24)(H,22,23). The summed E-state index contributed by atoms with van der Waals surface area (Å²) in [6, 6.07) is 7.43. The highest BCUT2D eigenvalue weighted by molar-refractivity contribution is 6.00. The molecule has 0 radical (unpaired) electrons. The van der Waals surface area contributed by atoms with Gasteiger partial charge in [-0.1, -0.05) is 18.6 Å². The molecule has 0 saturated carbocycles. The van der Waals surface area contributed by atoms with E-state index in [0.29, 0.717) is 30.0 Å². The number of carboxylic acids is 1. The number of rotatable bonds is 9. The lowest BCUT2D eigenvalue weighted by molar-refractivity contribution is -0.137. The van der Waals surface area contributed by atoms with E-state index < -0.39 is 5.97 Å². The number of carbonyl (C=O) groups excluding carboxylic acids is 1. The molecule has 0 fully saturated rings. The maximum Gasteiger partial charge on any atom is 0.303 e. The number of carboxylic acid groups (broad SMARTS) is 1. The van der Waals surface area contributed by atoms with Crippen LogP contribution in [-0.2, 0) is 11.8 Å². The summed E-state index contributed by atoms with van der Waals surface area (Å²) in [5.41, 5.74) is 1.82. The van der Waals surface area contributed by atoms with Crippen LogP contribution in [0.15, 0.2) is 30.5 Å². The Bertz CT molecular complexity index is 740. The number of benzene rings is 1. The van der Waals surface area contributed by atoms with Gasteiger partial charge in [0.05, 0.1) is 12.7 Å². The average molecular weight is 345 g/mol. The van der Waals surface area contributed by atoms with E-state index in [2.05, 4.69) is 10.4 Å². The van der Waals surface area contributed by atoms with Crippen molar-refractivity contribution in [2.45, 2.75) is 25.7 Å². The molecule has 1 heterocycles. The zero-order valence-electron chi connectivity index (χ0n) is 14.5. The summed E-state index contributed by atoms with van der Waals surface area (Å²) in [4.78, 5) is 23.0. The molecule has 134 valence electrons. The van der Waals surface area contributed by atoms with E-state index in [1.807, 2.05) is 24.3 Å². The van der Waals surface area contributed by atoms with Crippen molar-refractivity contribution >= 4 is 11.9 Å². The minimum atomic E-state index is -0.791. The molecule has 0 bridgehead atoms. The van der Waals surface area contributed by atoms with Crippen LogP contribution in [0.1, 0.15) is 36.0 Å². The van der Waals surface area contributed by atoms with Crippen LogP contribution in [0.25, 0.3) is 11.3 Å². The van der Waals surface area contributed by atoms with Crippen molar-refractivity contribution in [2.24, 2.45) is 7.05 Å². The quantitative estimate of drug-likeness (QED) is 0.681. The number of carbonyl (C=O) groups is 2. The van der Waals surface area contributed by atoms with Gasteiger partial charge in [-0.05, 0) is 25.0 Å². The van der Waals surface area contributed by atoms with E-state index in [9.17, 15) is 9.59 Å². The Kier molecular flexibility index (Phi) is 6.56. The fraction of sp³-hybridized carbons (Fsp3) is 0.389. The summed E-state index contributed by atoms with van der Waals surface area (Å²) in [6.45, 7) is 0.499. The van der Waals surface area contributed by atoms with Crippen LogP contribution >= 0.6 is 0 Å². The smallest absolute Gasteiger partial charge is 0.303 e. The highest BCUT2D eigenvalue weighted by Gasteiger charge is 2.19. The first-order valence-corrected chi connectivity index (χ1v) is 8.20. The number of amides is 1. The number of hydrogen-bond donors (Lipinski definition) is 2. The number of hydrogen-bond acceptors (Lipinski definition) is 4. The molecule has 0 atom stereocenters. The van der Waals surface area contributed by atoms with Crippen LogP contribution in [0.5, 0.6) is 5.75 Å². The second-order valence-electron chi connectivity index (χ2n) is 5.73. The molecule has 2 rings (SSSR count). The van der Waals surface area contributed by atoms with E-state index in [1.165, 1.54) is 0 Å². The van der Waals surface area contributed by atoms with Crippen molar-refractivity contribution in [1.29, 1.82) is 0 Å². The molecule has 1 aromatic carbocycles. The van der Waals surface area contributed by atoms with Gasteiger partial charge in [-0.3, -0.25) is 14.3 Å². The van der Waals surface area contributed by atoms with Gasteiger partial charge in [-0.15, -0.1) is 0 Å². The van der Waals surface area contributed by atoms with Gasteiger partial charge >= 0.3 is 5.97 Å². The molecule has 1 amide bonds. The van der Waals surface area contributed by atoms with Crippen LogP contribution in [0.3, 0.4) is 0 Å². The molecule has 0 saturated heterocycles. The summed E-state index contributed by atoms with van der Waals surface area (Å²) in [7, 11) is 3.35. The molecule has 0 spiro atoms. The maximum absolute atomic E-state index is 12.5. The summed E-state index contributed by atoms with van der Waals surface area (Å²) >= 11 is 0. The van der Waals surface area contributed by atoms with Crippen LogP contribution in [0.4, 0.5) is 0 Å². The van der Waals surface area contributed by atoms with Gasteiger partial charge in [-0.25, -0.2) is 0 Å². The van der Waals surface area contributed by atoms with Gasteiger partial charge in [0.2, 0.25) is 0 Å². The lowest BCUT2D eigenvalue weighted by Crippen LogP contribution is -2.24. The number of unbranched alkanes of at least 4 members (excludes halogenated alkanes) is 2. The molecule has 25 heavy (non-hydrogen) atoms. The Morgan fingerprint density at radius 2 is 2.00 bits per heavy atom. The lowest BCUT2D eigenvalue weighted by Gasteiger charge is -2.08. The highest BCUT2D eigenvalue weighted by atomic mass is 16.5. The highest BCUT2D eigenvalue weighted by Crippen LogP contribution is 2.30. The van der Waals surface area contributed by atoms with Crippen molar-refractivity contribution in [3.05, 3.63) is 36.0 Å². The summed E-state index contributed by atoms with van der Waals surface area (Å²) in [5.74, 6) is -0.336. The number of methoxy groups -OCH3 is 1. The van der Waals surface area contributed by atoms with Crippen molar-refractivity contribution in [1.82, 2.24) is 15.1 Å². The molecule has 7 nitrogen and oxygen atoms in total. The van der Waals surface area contributed by atoms with Gasteiger partial charge in [0.25, 0.3) is 5.91 Å². The molecule has 0 aliphatic carbocycles. The number of aromatic nitrogens is 2. The second kappa shape index (κ2) is 8.86. The lowest BCUT2D eigenvalue weighted by atomic mass is 10.1. The molecular weight excluding hydrogens is 322 g/mol. The van der Waals surface area contributed by atoms with Crippen molar-refractivity contribution in [3.63, 3.8) is 0 Å². The first-order valence-electron chi connectivity index (χ1n) is 8.20. The van der Waals surface area contributed by atoms with Crippen molar-refractivity contribution in [3.8, 4) is 17.0 Å². The fourth-order valence-corrected chi connectivity index (χ4v) is 2.57. The van der Waals surface area contributed by atoms with Crippen LogP contribution in [0, 0.1) is 0 Å². The predicted octanol–water partition coefficient (Wildman–Crippen LogP) is 2.47. The topological polar surface area (TPSA) is 93.5 Å². The molecule has 0 aliphatic heterocycles. The van der Waals surface area contributed by atoms with Gasteiger partial charge < -0.3 is 15.2 Å². The third kappa shape index (κ3) is 5.07. The third-order valence-electron chi connectivity index (χ3n) is 3.79. The Labute approximate surface area is 146 Å². The average Bonchev–Trinajstić information content (AvgIpc) is 2.99. The van der Waals surface area contributed by atoms with Crippen LogP contribution in [0.2, 0.25) is 0 Å².